The van der Waals surface area contributed by atoms with E-state index in [1.54, 1.807) is 0 Å². The van der Waals surface area contributed by atoms with E-state index in [-0.39, 0.29) is 11.8 Å². The Labute approximate surface area is 183 Å². The Bertz CT molecular complexity index is 1010. The summed E-state index contributed by atoms with van der Waals surface area (Å²) in [5, 5.41) is 5.03. The van der Waals surface area contributed by atoms with Crippen LogP contribution in [0.2, 0.25) is 5.02 Å². The van der Waals surface area contributed by atoms with Gasteiger partial charge in [-0.1, -0.05) is 48.4 Å². The lowest BCUT2D eigenvalue weighted by Gasteiger charge is -2.26. The standard InChI is InChI=1S/C25H30ClN3O/c1-28-18-23(21-10-3-4-11-24(21)28)22(19-8-7-9-20(26)16-19)17-25(30)27-12-15-29-13-5-2-6-14-29/h3-4,7-11,16,18,22H,2,5-6,12-15,17H2,1H3,(H,27,30). The van der Waals surface area contributed by atoms with Gasteiger partial charge in [0.25, 0.3) is 0 Å². The molecule has 1 aromatic heterocycles. The van der Waals surface area contributed by atoms with Gasteiger partial charge >= 0.3 is 0 Å². The fraction of sp³-hybridized carbons (Fsp3) is 0.400. The van der Waals surface area contributed by atoms with Crippen molar-refractivity contribution < 1.29 is 4.79 Å². The molecule has 0 bridgehead atoms. The van der Waals surface area contributed by atoms with Crippen molar-refractivity contribution in [1.82, 2.24) is 14.8 Å². The summed E-state index contributed by atoms with van der Waals surface area (Å²) < 4.78 is 2.14. The Balaban J connectivity index is 1.53. The van der Waals surface area contributed by atoms with Gasteiger partial charge in [-0.3, -0.25) is 4.79 Å². The highest BCUT2D eigenvalue weighted by molar-refractivity contribution is 6.30. The number of likely N-dealkylation sites (tertiary alicyclic amines) is 1. The van der Waals surface area contributed by atoms with Gasteiger partial charge in [-0.15, -0.1) is 0 Å². The molecule has 1 amide bonds. The number of piperidine rings is 1. The van der Waals surface area contributed by atoms with Crippen LogP contribution in [-0.4, -0.2) is 41.6 Å². The zero-order chi connectivity index (χ0) is 20.9. The van der Waals surface area contributed by atoms with E-state index in [4.69, 9.17) is 11.6 Å². The van der Waals surface area contributed by atoms with E-state index in [1.165, 1.54) is 35.7 Å². The fourth-order valence-electron chi connectivity index (χ4n) is 4.58. The third-order valence-corrected chi connectivity index (χ3v) is 6.38. The second-order valence-electron chi connectivity index (χ2n) is 8.28. The van der Waals surface area contributed by atoms with Gasteiger partial charge in [-0.2, -0.15) is 0 Å². The second-order valence-corrected chi connectivity index (χ2v) is 8.71. The first kappa shape index (κ1) is 21.0. The molecule has 0 spiro atoms. The lowest BCUT2D eigenvalue weighted by molar-refractivity contribution is -0.121. The van der Waals surface area contributed by atoms with Crippen LogP contribution in [0.5, 0.6) is 0 Å². The predicted octanol–water partition coefficient (Wildman–Crippen LogP) is 4.96. The van der Waals surface area contributed by atoms with Crippen molar-refractivity contribution in [3.8, 4) is 0 Å². The molecule has 5 heteroatoms. The Kier molecular flexibility index (Phi) is 6.76. The summed E-state index contributed by atoms with van der Waals surface area (Å²) in [6.45, 7) is 3.94. The number of rotatable bonds is 7. The van der Waals surface area contributed by atoms with Gasteiger partial charge in [0, 0.05) is 54.6 Å². The van der Waals surface area contributed by atoms with Gasteiger partial charge in [-0.05, 0) is 55.3 Å². The van der Waals surface area contributed by atoms with E-state index < -0.39 is 0 Å². The summed E-state index contributed by atoms with van der Waals surface area (Å²) in [7, 11) is 2.06. The number of nitrogens with one attached hydrogen (secondary N) is 1. The van der Waals surface area contributed by atoms with Crippen LogP contribution in [0, 0.1) is 0 Å². The van der Waals surface area contributed by atoms with E-state index in [1.807, 2.05) is 24.3 Å². The number of aromatic nitrogens is 1. The molecule has 1 aliphatic rings. The van der Waals surface area contributed by atoms with Crippen molar-refractivity contribution in [3.05, 3.63) is 70.9 Å². The average Bonchev–Trinajstić information content (AvgIpc) is 3.09. The molecule has 30 heavy (non-hydrogen) atoms. The maximum absolute atomic E-state index is 12.9. The summed E-state index contributed by atoms with van der Waals surface area (Å²) in [6, 6.07) is 16.2. The second kappa shape index (κ2) is 9.67. The minimum atomic E-state index is -0.0372. The van der Waals surface area contributed by atoms with Crippen molar-refractivity contribution in [3.63, 3.8) is 0 Å². The SMILES string of the molecule is Cn1cc(C(CC(=O)NCCN2CCCCC2)c2cccc(Cl)c2)c2ccccc21. The van der Waals surface area contributed by atoms with Gasteiger partial charge in [0.05, 0.1) is 0 Å². The molecule has 1 unspecified atom stereocenters. The number of benzene rings is 2. The number of amides is 1. The highest BCUT2D eigenvalue weighted by Gasteiger charge is 2.22. The summed E-state index contributed by atoms with van der Waals surface area (Å²) >= 11 is 6.29. The van der Waals surface area contributed by atoms with Crippen molar-refractivity contribution in [2.24, 2.45) is 7.05 Å². The van der Waals surface area contributed by atoms with E-state index in [0.29, 0.717) is 18.0 Å². The minimum absolute atomic E-state index is 0.0372. The average molecular weight is 424 g/mol. The van der Waals surface area contributed by atoms with Crippen LogP contribution in [0.15, 0.2) is 54.7 Å². The monoisotopic (exact) mass is 423 g/mol. The molecule has 0 radical (unpaired) electrons. The zero-order valence-corrected chi connectivity index (χ0v) is 18.4. The van der Waals surface area contributed by atoms with Crippen LogP contribution in [0.4, 0.5) is 0 Å². The number of para-hydroxylation sites is 1. The van der Waals surface area contributed by atoms with E-state index in [0.717, 1.165) is 25.2 Å². The molecular weight excluding hydrogens is 394 g/mol. The molecular formula is C25H30ClN3O. The Morgan fingerprint density at radius 3 is 2.70 bits per heavy atom. The molecule has 4 rings (SSSR count). The summed E-state index contributed by atoms with van der Waals surface area (Å²) in [5.74, 6) is 0.0507. The smallest absolute Gasteiger partial charge is 0.220 e. The van der Waals surface area contributed by atoms with Crippen molar-refractivity contribution in [2.45, 2.75) is 31.6 Å². The number of hydrogen-bond donors (Lipinski definition) is 1. The number of fused-ring (bicyclic) bond motifs is 1. The maximum Gasteiger partial charge on any atom is 0.220 e. The van der Waals surface area contributed by atoms with Gasteiger partial charge in [0.2, 0.25) is 5.91 Å². The number of aryl methyl sites for hydroxylation is 1. The molecule has 1 saturated heterocycles. The largest absolute Gasteiger partial charge is 0.355 e. The van der Waals surface area contributed by atoms with Crippen LogP contribution in [0.25, 0.3) is 10.9 Å². The van der Waals surface area contributed by atoms with Crippen LogP contribution < -0.4 is 5.32 Å². The minimum Gasteiger partial charge on any atom is -0.355 e. The van der Waals surface area contributed by atoms with Crippen LogP contribution in [-0.2, 0) is 11.8 Å². The van der Waals surface area contributed by atoms with Crippen molar-refractivity contribution in [1.29, 1.82) is 0 Å². The van der Waals surface area contributed by atoms with Crippen molar-refractivity contribution in [2.75, 3.05) is 26.2 Å². The number of hydrogen-bond acceptors (Lipinski definition) is 2. The zero-order valence-electron chi connectivity index (χ0n) is 17.6. The highest BCUT2D eigenvalue weighted by Crippen LogP contribution is 2.35. The quantitative estimate of drug-likeness (QED) is 0.583. The lowest BCUT2D eigenvalue weighted by Crippen LogP contribution is -2.38. The first-order valence-electron chi connectivity index (χ1n) is 10.9. The van der Waals surface area contributed by atoms with Crippen LogP contribution >= 0.6 is 11.6 Å². The molecule has 4 nitrogen and oxygen atoms in total. The molecule has 158 valence electrons. The van der Waals surface area contributed by atoms with Gasteiger partial charge < -0.3 is 14.8 Å². The number of carbonyl (C=O) groups excluding carboxylic acids is 1. The highest BCUT2D eigenvalue weighted by atomic mass is 35.5. The predicted molar refractivity (Wildman–Crippen MR) is 124 cm³/mol. The maximum atomic E-state index is 12.9. The van der Waals surface area contributed by atoms with E-state index in [2.05, 4.69) is 52.3 Å². The third-order valence-electron chi connectivity index (χ3n) is 6.14. The van der Waals surface area contributed by atoms with E-state index >= 15 is 0 Å². The Hall–Kier alpha value is -2.30. The lowest BCUT2D eigenvalue weighted by atomic mass is 9.88. The van der Waals surface area contributed by atoms with E-state index in [9.17, 15) is 4.79 Å². The van der Waals surface area contributed by atoms with Gasteiger partial charge in [-0.25, -0.2) is 0 Å². The molecule has 0 saturated carbocycles. The molecule has 1 N–H and O–H groups in total. The molecule has 1 fully saturated rings. The molecule has 2 aromatic carbocycles. The summed E-state index contributed by atoms with van der Waals surface area (Å²) in [4.78, 5) is 15.3. The van der Waals surface area contributed by atoms with Crippen LogP contribution in [0.3, 0.4) is 0 Å². The first-order chi connectivity index (χ1) is 14.6. The fourth-order valence-corrected chi connectivity index (χ4v) is 4.77. The number of carbonyl (C=O) groups is 1. The van der Waals surface area contributed by atoms with Gasteiger partial charge in [0.15, 0.2) is 0 Å². The molecule has 1 atom stereocenters. The molecule has 0 aliphatic carbocycles. The summed E-state index contributed by atoms with van der Waals surface area (Å²) in [5.41, 5.74) is 3.41. The normalized spacial score (nSPS) is 15.9. The number of halogens is 1. The van der Waals surface area contributed by atoms with Crippen LogP contribution in [0.1, 0.15) is 42.7 Å². The molecule has 2 heterocycles. The Morgan fingerprint density at radius 2 is 1.90 bits per heavy atom. The Morgan fingerprint density at radius 1 is 1.10 bits per heavy atom. The van der Waals surface area contributed by atoms with Gasteiger partial charge in [0.1, 0.15) is 0 Å². The van der Waals surface area contributed by atoms with Crippen molar-refractivity contribution >= 4 is 28.4 Å². The summed E-state index contributed by atoms with van der Waals surface area (Å²) in [6.07, 6.45) is 6.43. The topological polar surface area (TPSA) is 37.3 Å². The third kappa shape index (κ3) is 4.88. The molecule has 1 aliphatic heterocycles. The number of nitrogens with zero attached hydrogens (tertiary/aromatic N) is 2. The molecule has 3 aromatic rings. The first-order valence-corrected chi connectivity index (χ1v) is 11.3.